The van der Waals surface area contributed by atoms with E-state index in [1.807, 2.05) is 0 Å². The highest BCUT2D eigenvalue weighted by atomic mass is 35.5. The number of nitrogens with one attached hydrogen (secondary N) is 2. The molecule has 26 heavy (non-hydrogen) atoms. The van der Waals surface area contributed by atoms with E-state index in [0.717, 1.165) is 10.6 Å². The zero-order valence-electron chi connectivity index (χ0n) is 13.4. The van der Waals surface area contributed by atoms with Gasteiger partial charge < -0.3 is 5.73 Å². The molecule has 0 atom stereocenters. The molecule has 4 N–H and O–H groups in total. The van der Waals surface area contributed by atoms with E-state index in [4.69, 9.17) is 11.1 Å². The lowest BCUT2D eigenvalue weighted by molar-refractivity contribution is 0.0518. The van der Waals surface area contributed by atoms with Crippen LogP contribution in [-0.4, -0.2) is 27.9 Å². The molecule has 3 rings (SSSR count). The fourth-order valence-corrected chi connectivity index (χ4v) is 2.88. The number of hydrazine groups is 1. The van der Waals surface area contributed by atoms with Gasteiger partial charge in [0.1, 0.15) is 0 Å². The summed E-state index contributed by atoms with van der Waals surface area (Å²) in [7, 11) is 0. The SMILES string of the molecule is Cl.N=C(N)SCc1ccc(C(=O)NN2C(=O)c3ccccc3C2=O)cc1. The summed E-state index contributed by atoms with van der Waals surface area (Å²) in [5, 5.41) is 7.93. The van der Waals surface area contributed by atoms with Crippen LogP contribution in [0.4, 0.5) is 0 Å². The first-order valence-corrected chi connectivity index (χ1v) is 8.30. The number of thioether (sulfide) groups is 1. The average molecular weight is 391 g/mol. The molecule has 7 nitrogen and oxygen atoms in total. The number of imide groups is 1. The van der Waals surface area contributed by atoms with Gasteiger partial charge in [-0.3, -0.25) is 25.2 Å². The first kappa shape index (κ1) is 19.5. The Hall–Kier alpha value is -2.84. The first-order valence-electron chi connectivity index (χ1n) is 7.32. The monoisotopic (exact) mass is 390 g/mol. The average Bonchev–Trinajstić information content (AvgIpc) is 2.85. The fourth-order valence-electron chi connectivity index (χ4n) is 2.37. The lowest BCUT2D eigenvalue weighted by Crippen LogP contribution is -2.45. The number of amides is 3. The van der Waals surface area contributed by atoms with E-state index < -0.39 is 17.7 Å². The number of carbonyl (C=O) groups excluding carboxylic acids is 3. The molecule has 2 aromatic rings. The van der Waals surface area contributed by atoms with Gasteiger partial charge in [0, 0.05) is 11.3 Å². The Balaban J connectivity index is 0.00000243. The van der Waals surface area contributed by atoms with Crippen molar-refractivity contribution < 1.29 is 14.4 Å². The molecule has 0 saturated carbocycles. The molecule has 134 valence electrons. The predicted octanol–water partition coefficient (Wildman–Crippen LogP) is 2.18. The van der Waals surface area contributed by atoms with Gasteiger partial charge in [0.05, 0.1) is 11.1 Å². The highest BCUT2D eigenvalue weighted by Gasteiger charge is 2.36. The second kappa shape index (κ2) is 8.03. The van der Waals surface area contributed by atoms with Gasteiger partial charge in [-0.15, -0.1) is 12.4 Å². The number of nitrogens with two attached hydrogens (primary N) is 1. The molecule has 0 aliphatic carbocycles. The molecule has 0 radical (unpaired) electrons. The largest absolute Gasteiger partial charge is 0.379 e. The number of nitrogens with zero attached hydrogens (tertiary/aromatic N) is 1. The molecule has 0 bridgehead atoms. The second-order valence-electron chi connectivity index (χ2n) is 5.28. The van der Waals surface area contributed by atoms with Gasteiger partial charge in [-0.25, -0.2) is 0 Å². The Kier molecular flexibility index (Phi) is 6.01. The molecule has 1 aliphatic rings. The third-order valence-electron chi connectivity index (χ3n) is 3.62. The van der Waals surface area contributed by atoms with Crippen molar-refractivity contribution in [2.24, 2.45) is 5.73 Å². The van der Waals surface area contributed by atoms with E-state index in [1.54, 1.807) is 48.5 Å². The minimum absolute atomic E-state index is 0. The highest BCUT2D eigenvalue weighted by Crippen LogP contribution is 2.21. The first-order chi connectivity index (χ1) is 12.0. The summed E-state index contributed by atoms with van der Waals surface area (Å²) < 4.78 is 0. The van der Waals surface area contributed by atoms with E-state index in [0.29, 0.717) is 11.3 Å². The Morgan fingerprint density at radius 1 is 1.04 bits per heavy atom. The summed E-state index contributed by atoms with van der Waals surface area (Å²) in [6.45, 7) is 0. The normalized spacial score (nSPS) is 12.4. The molecule has 0 spiro atoms. The van der Waals surface area contributed by atoms with Crippen molar-refractivity contribution >= 4 is 47.1 Å². The third-order valence-corrected chi connectivity index (χ3v) is 4.41. The second-order valence-corrected chi connectivity index (χ2v) is 6.30. The van der Waals surface area contributed by atoms with E-state index >= 15 is 0 Å². The Labute approximate surface area is 159 Å². The maximum atomic E-state index is 12.3. The Bertz CT molecular complexity index is 851. The zero-order chi connectivity index (χ0) is 18.0. The van der Waals surface area contributed by atoms with Crippen LogP contribution in [0.2, 0.25) is 0 Å². The third kappa shape index (κ3) is 3.87. The molecule has 1 heterocycles. The molecule has 0 saturated heterocycles. The summed E-state index contributed by atoms with van der Waals surface area (Å²) in [5.74, 6) is -1.14. The predicted molar refractivity (Wildman–Crippen MR) is 101 cm³/mol. The topological polar surface area (TPSA) is 116 Å². The van der Waals surface area contributed by atoms with Crippen LogP contribution in [-0.2, 0) is 5.75 Å². The summed E-state index contributed by atoms with van der Waals surface area (Å²) in [6, 6.07) is 13.0. The van der Waals surface area contributed by atoms with Crippen molar-refractivity contribution in [3.63, 3.8) is 0 Å². The van der Waals surface area contributed by atoms with Crippen LogP contribution in [0, 0.1) is 5.41 Å². The van der Waals surface area contributed by atoms with Crippen LogP contribution >= 0.6 is 24.2 Å². The van der Waals surface area contributed by atoms with E-state index in [9.17, 15) is 14.4 Å². The number of benzene rings is 2. The highest BCUT2D eigenvalue weighted by molar-refractivity contribution is 8.13. The Morgan fingerprint density at radius 2 is 1.58 bits per heavy atom. The molecule has 2 aromatic carbocycles. The number of hydrogen-bond acceptors (Lipinski definition) is 5. The number of halogens is 1. The van der Waals surface area contributed by atoms with Crippen molar-refractivity contribution in [1.82, 2.24) is 10.4 Å². The summed E-state index contributed by atoms with van der Waals surface area (Å²) >= 11 is 1.18. The number of hydrogen-bond donors (Lipinski definition) is 3. The minimum Gasteiger partial charge on any atom is -0.379 e. The summed E-state index contributed by atoms with van der Waals surface area (Å²) in [6.07, 6.45) is 0. The maximum Gasteiger partial charge on any atom is 0.280 e. The van der Waals surface area contributed by atoms with Gasteiger partial charge in [0.15, 0.2) is 5.17 Å². The van der Waals surface area contributed by atoms with Crippen molar-refractivity contribution in [1.29, 1.82) is 5.41 Å². The lowest BCUT2D eigenvalue weighted by atomic mass is 10.1. The van der Waals surface area contributed by atoms with Gasteiger partial charge in [0.2, 0.25) is 0 Å². The standard InChI is InChI=1S/C17H14N4O3S.ClH/c18-17(19)25-9-10-5-7-11(8-6-10)14(22)20-21-15(23)12-3-1-2-4-13(12)16(21)24;/h1-8H,9H2,(H3,18,19)(H,20,22);1H. The van der Waals surface area contributed by atoms with Crippen LogP contribution in [0.15, 0.2) is 48.5 Å². The van der Waals surface area contributed by atoms with Gasteiger partial charge in [-0.05, 0) is 29.8 Å². The van der Waals surface area contributed by atoms with Crippen LogP contribution in [0.5, 0.6) is 0 Å². The zero-order valence-corrected chi connectivity index (χ0v) is 15.0. The van der Waals surface area contributed by atoms with E-state index in [-0.39, 0.29) is 28.7 Å². The smallest absolute Gasteiger partial charge is 0.280 e. The van der Waals surface area contributed by atoms with Crippen LogP contribution < -0.4 is 11.2 Å². The number of fused-ring (bicyclic) bond motifs is 1. The number of carbonyl (C=O) groups is 3. The van der Waals surface area contributed by atoms with E-state index in [2.05, 4.69) is 5.43 Å². The van der Waals surface area contributed by atoms with Crippen molar-refractivity contribution in [3.8, 4) is 0 Å². The van der Waals surface area contributed by atoms with Gasteiger partial charge in [0.25, 0.3) is 17.7 Å². The molecular formula is C17H15ClN4O3S. The number of amidine groups is 1. The summed E-state index contributed by atoms with van der Waals surface area (Å²) in [5.41, 5.74) is 9.38. The molecule has 1 aliphatic heterocycles. The molecular weight excluding hydrogens is 376 g/mol. The molecule has 0 fully saturated rings. The molecule has 3 amide bonds. The van der Waals surface area contributed by atoms with E-state index in [1.165, 1.54) is 11.8 Å². The van der Waals surface area contributed by atoms with Gasteiger partial charge in [-0.2, -0.15) is 5.01 Å². The fraction of sp³-hybridized carbons (Fsp3) is 0.0588. The van der Waals surface area contributed by atoms with Crippen LogP contribution in [0.3, 0.4) is 0 Å². The molecule has 0 unspecified atom stereocenters. The molecule has 9 heteroatoms. The van der Waals surface area contributed by atoms with Crippen LogP contribution in [0.1, 0.15) is 36.6 Å². The molecule has 0 aromatic heterocycles. The summed E-state index contributed by atoms with van der Waals surface area (Å²) in [4.78, 5) is 36.8. The van der Waals surface area contributed by atoms with Gasteiger partial charge >= 0.3 is 0 Å². The van der Waals surface area contributed by atoms with Crippen molar-refractivity contribution in [3.05, 3.63) is 70.8 Å². The van der Waals surface area contributed by atoms with Gasteiger partial charge in [-0.1, -0.05) is 36.0 Å². The maximum absolute atomic E-state index is 12.3. The van der Waals surface area contributed by atoms with Crippen LogP contribution in [0.25, 0.3) is 0 Å². The Morgan fingerprint density at radius 3 is 2.08 bits per heavy atom. The van der Waals surface area contributed by atoms with Crippen molar-refractivity contribution in [2.45, 2.75) is 5.75 Å². The quantitative estimate of drug-likeness (QED) is 0.420. The number of rotatable bonds is 4. The lowest BCUT2D eigenvalue weighted by Gasteiger charge is -2.15. The minimum atomic E-state index is -0.555. The van der Waals surface area contributed by atoms with Crippen molar-refractivity contribution in [2.75, 3.05) is 0 Å².